The summed E-state index contributed by atoms with van der Waals surface area (Å²) in [4.78, 5) is 14.0. The molecule has 0 N–H and O–H groups in total. The molecule has 1 aliphatic heterocycles. The Morgan fingerprint density at radius 1 is 1.40 bits per heavy atom. The van der Waals surface area contributed by atoms with Crippen LogP contribution in [0.4, 0.5) is 0 Å². The molecule has 1 saturated heterocycles. The number of ether oxygens (including phenoxy) is 1. The number of hydrogen-bond acceptors (Lipinski definition) is 3. The van der Waals surface area contributed by atoms with Gasteiger partial charge in [-0.2, -0.15) is 0 Å². The van der Waals surface area contributed by atoms with Crippen LogP contribution in [0.1, 0.15) is 32.1 Å². The van der Waals surface area contributed by atoms with Crippen molar-refractivity contribution >= 4 is 5.78 Å². The van der Waals surface area contributed by atoms with Crippen LogP contribution < -0.4 is 0 Å². The minimum Gasteiger partial charge on any atom is -0.380 e. The molecule has 0 amide bonds. The molecule has 2 rings (SSSR count). The molecule has 0 spiro atoms. The van der Waals surface area contributed by atoms with Crippen LogP contribution in [0.15, 0.2) is 0 Å². The van der Waals surface area contributed by atoms with Crippen LogP contribution in [0.25, 0.3) is 0 Å². The van der Waals surface area contributed by atoms with Gasteiger partial charge in [0.2, 0.25) is 0 Å². The standard InChI is InChI=1S/C12H21NO2/c1-13(11-4-2-3-5-11)8-10-9-15-7-6-12(10)14/h10-11H,2-9H2,1H3. The highest BCUT2D eigenvalue weighted by atomic mass is 16.5. The van der Waals surface area contributed by atoms with E-state index < -0.39 is 0 Å². The minimum absolute atomic E-state index is 0.129. The van der Waals surface area contributed by atoms with Crippen molar-refractivity contribution in [3.63, 3.8) is 0 Å². The number of carbonyl (C=O) groups is 1. The summed E-state index contributed by atoms with van der Waals surface area (Å²) in [6.07, 6.45) is 5.92. The molecule has 0 bridgehead atoms. The van der Waals surface area contributed by atoms with Crippen molar-refractivity contribution in [2.45, 2.75) is 38.1 Å². The predicted octanol–water partition coefficient (Wildman–Crippen LogP) is 1.47. The molecule has 0 radical (unpaired) electrons. The summed E-state index contributed by atoms with van der Waals surface area (Å²) in [6, 6.07) is 0.708. The highest BCUT2D eigenvalue weighted by Crippen LogP contribution is 2.23. The van der Waals surface area contributed by atoms with Crippen molar-refractivity contribution in [2.24, 2.45) is 5.92 Å². The maximum Gasteiger partial charge on any atom is 0.141 e. The smallest absolute Gasteiger partial charge is 0.141 e. The minimum atomic E-state index is 0.129. The van der Waals surface area contributed by atoms with Gasteiger partial charge in [0.05, 0.1) is 19.1 Å². The highest BCUT2D eigenvalue weighted by Gasteiger charge is 2.27. The first kappa shape index (κ1) is 11.1. The zero-order valence-corrected chi connectivity index (χ0v) is 9.58. The summed E-state index contributed by atoms with van der Waals surface area (Å²) in [6.45, 7) is 2.15. The third-order valence-electron chi connectivity index (χ3n) is 3.72. The van der Waals surface area contributed by atoms with Gasteiger partial charge in [0.25, 0.3) is 0 Å². The molecule has 2 aliphatic rings. The second-order valence-electron chi connectivity index (χ2n) is 4.87. The number of Topliss-reactive ketones (excluding diaryl/α,β-unsaturated/α-hetero) is 1. The predicted molar refractivity (Wildman–Crippen MR) is 58.8 cm³/mol. The van der Waals surface area contributed by atoms with Crippen molar-refractivity contribution in [2.75, 3.05) is 26.8 Å². The van der Waals surface area contributed by atoms with E-state index in [-0.39, 0.29) is 5.92 Å². The molecule has 15 heavy (non-hydrogen) atoms. The topological polar surface area (TPSA) is 29.5 Å². The third kappa shape index (κ3) is 2.79. The van der Waals surface area contributed by atoms with E-state index in [1.54, 1.807) is 0 Å². The van der Waals surface area contributed by atoms with Gasteiger partial charge >= 0.3 is 0 Å². The quantitative estimate of drug-likeness (QED) is 0.708. The van der Waals surface area contributed by atoms with Gasteiger partial charge in [-0.3, -0.25) is 4.79 Å². The Labute approximate surface area is 91.8 Å². The van der Waals surface area contributed by atoms with Crippen LogP contribution in [-0.2, 0) is 9.53 Å². The van der Waals surface area contributed by atoms with Crippen molar-refractivity contribution in [3.8, 4) is 0 Å². The van der Waals surface area contributed by atoms with E-state index >= 15 is 0 Å². The van der Waals surface area contributed by atoms with E-state index in [0.29, 0.717) is 31.5 Å². The van der Waals surface area contributed by atoms with Gasteiger partial charge in [0, 0.05) is 19.0 Å². The van der Waals surface area contributed by atoms with E-state index in [1.165, 1.54) is 25.7 Å². The van der Waals surface area contributed by atoms with Crippen molar-refractivity contribution in [1.29, 1.82) is 0 Å². The van der Waals surface area contributed by atoms with Gasteiger partial charge in [0.1, 0.15) is 5.78 Å². The Kier molecular flexibility index (Phi) is 3.76. The number of rotatable bonds is 3. The van der Waals surface area contributed by atoms with Crippen LogP contribution in [0, 0.1) is 5.92 Å². The van der Waals surface area contributed by atoms with Crippen LogP contribution >= 0.6 is 0 Å². The molecule has 1 aliphatic carbocycles. The van der Waals surface area contributed by atoms with Crippen LogP contribution in [0.2, 0.25) is 0 Å². The molecule has 0 aromatic heterocycles. The third-order valence-corrected chi connectivity index (χ3v) is 3.72. The number of ketones is 1. The largest absolute Gasteiger partial charge is 0.380 e. The first-order valence-electron chi connectivity index (χ1n) is 6.08. The molecule has 86 valence electrons. The molecule has 1 atom stereocenters. The van der Waals surface area contributed by atoms with Crippen molar-refractivity contribution in [1.82, 2.24) is 4.90 Å². The van der Waals surface area contributed by atoms with Crippen LogP contribution in [0.3, 0.4) is 0 Å². The summed E-state index contributed by atoms with van der Waals surface area (Å²) in [5.41, 5.74) is 0. The highest BCUT2D eigenvalue weighted by molar-refractivity contribution is 5.82. The molecular weight excluding hydrogens is 190 g/mol. The van der Waals surface area contributed by atoms with Gasteiger partial charge in [-0.05, 0) is 19.9 Å². The zero-order valence-electron chi connectivity index (χ0n) is 9.58. The second kappa shape index (κ2) is 5.08. The Morgan fingerprint density at radius 3 is 2.80 bits per heavy atom. The SMILES string of the molecule is CN(CC1COCCC1=O)C1CCCC1. The van der Waals surface area contributed by atoms with Gasteiger partial charge in [-0.25, -0.2) is 0 Å². The van der Waals surface area contributed by atoms with Crippen molar-refractivity contribution in [3.05, 3.63) is 0 Å². The molecule has 3 heteroatoms. The molecule has 1 heterocycles. The number of hydrogen-bond donors (Lipinski definition) is 0. The fraction of sp³-hybridized carbons (Fsp3) is 0.917. The Balaban J connectivity index is 1.81. The van der Waals surface area contributed by atoms with E-state index in [2.05, 4.69) is 11.9 Å². The molecule has 1 saturated carbocycles. The Morgan fingerprint density at radius 2 is 2.13 bits per heavy atom. The van der Waals surface area contributed by atoms with Gasteiger partial charge in [-0.1, -0.05) is 12.8 Å². The second-order valence-corrected chi connectivity index (χ2v) is 4.87. The maximum absolute atomic E-state index is 11.6. The normalized spacial score (nSPS) is 28.9. The summed E-state index contributed by atoms with van der Waals surface area (Å²) in [5.74, 6) is 0.524. The lowest BCUT2D eigenvalue weighted by molar-refractivity contribution is -0.131. The summed E-state index contributed by atoms with van der Waals surface area (Å²) in [7, 11) is 2.15. The lowest BCUT2D eigenvalue weighted by Crippen LogP contribution is -2.40. The summed E-state index contributed by atoms with van der Waals surface area (Å²) < 4.78 is 5.37. The first-order valence-corrected chi connectivity index (χ1v) is 6.08. The van der Waals surface area contributed by atoms with Gasteiger partial charge in [0.15, 0.2) is 0 Å². The lowest BCUT2D eigenvalue weighted by atomic mass is 9.99. The Hall–Kier alpha value is -0.410. The number of nitrogens with zero attached hydrogens (tertiary/aromatic N) is 1. The molecular formula is C12H21NO2. The van der Waals surface area contributed by atoms with Gasteiger partial charge < -0.3 is 9.64 Å². The number of carbonyl (C=O) groups excluding carboxylic acids is 1. The fourth-order valence-corrected chi connectivity index (χ4v) is 2.69. The fourth-order valence-electron chi connectivity index (χ4n) is 2.69. The van der Waals surface area contributed by atoms with E-state index in [0.717, 1.165) is 6.54 Å². The molecule has 1 unspecified atom stereocenters. The summed E-state index contributed by atoms with van der Waals surface area (Å²) >= 11 is 0. The molecule has 0 aromatic rings. The monoisotopic (exact) mass is 211 g/mol. The molecule has 3 nitrogen and oxygen atoms in total. The average Bonchev–Trinajstić information content (AvgIpc) is 2.74. The van der Waals surface area contributed by atoms with Crippen molar-refractivity contribution < 1.29 is 9.53 Å². The maximum atomic E-state index is 11.6. The van der Waals surface area contributed by atoms with Gasteiger partial charge in [-0.15, -0.1) is 0 Å². The zero-order chi connectivity index (χ0) is 10.7. The molecule has 0 aromatic carbocycles. The Bertz CT molecular complexity index is 224. The van der Waals surface area contributed by atoms with E-state index in [1.807, 2.05) is 0 Å². The summed E-state index contributed by atoms with van der Waals surface area (Å²) in [5, 5.41) is 0. The van der Waals surface area contributed by atoms with E-state index in [9.17, 15) is 4.79 Å². The van der Waals surface area contributed by atoms with Crippen LogP contribution in [0.5, 0.6) is 0 Å². The van der Waals surface area contributed by atoms with E-state index in [4.69, 9.17) is 4.74 Å². The molecule has 2 fully saturated rings. The van der Waals surface area contributed by atoms with Crippen LogP contribution in [-0.4, -0.2) is 43.5 Å². The first-order chi connectivity index (χ1) is 7.27. The average molecular weight is 211 g/mol. The lowest BCUT2D eigenvalue weighted by Gasteiger charge is -2.29.